The van der Waals surface area contributed by atoms with Crippen LogP contribution in [0.25, 0.3) is 0 Å². The van der Waals surface area contributed by atoms with Gasteiger partial charge in [0, 0.05) is 17.8 Å². The van der Waals surface area contributed by atoms with Gasteiger partial charge >= 0.3 is 0 Å². The van der Waals surface area contributed by atoms with Crippen molar-refractivity contribution >= 4 is 5.82 Å². The van der Waals surface area contributed by atoms with Gasteiger partial charge in [0.1, 0.15) is 5.82 Å². The maximum absolute atomic E-state index is 6.04. The van der Waals surface area contributed by atoms with E-state index >= 15 is 0 Å². The fraction of sp³-hybridized carbons (Fsp3) is 0.643. The molecule has 1 heterocycles. The van der Waals surface area contributed by atoms with Crippen LogP contribution in [0.1, 0.15) is 51.3 Å². The van der Waals surface area contributed by atoms with E-state index in [1.807, 2.05) is 6.07 Å². The first kappa shape index (κ1) is 14.0. The second-order valence-corrected chi connectivity index (χ2v) is 5.68. The van der Waals surface area contributed by atoms with Crippen molar-refractivity contribution in [2.45, 2.75) is 47.1 Å². The van der Waals surface area contributed by atoms with Gasteiger partial charge in [-0.3, -0.25) is 0 Å². The summed E-state index contributed by atoms with van der Waals surface area (Å²) in [5, 5.41) is 3.59. The van der Waals surface area contributed by atoms with Gasteiger partial charge in [-0.05, 0) is 36.9 Å². The first-order valence-electron chi connectivity index (χ1n) is 6.32. The second kappa shape index (κ2) is 5.50. The van der Waals surface area contributed by atoms with Crippen molar-refractivity contribution in [3.05, 3.63) is 23.4 Å². The minimum atomic E-state index is 0.122. The third-order valence-electron chi connectivity index (χ3n) is 2.99. The Bertz CT molecular complexity index is 346. The Morgan fingerprint density at radius 2 is 2.06 bits per heavy atom. The second-order valence-electron chi connectivity index (χ2n) is 5.68. The first-order valence-corrected chi connectivity index (χ1v) is 6.32. The van der Waals surface area contributed by atoms with Crippen molar-refractivity contribution < 1.29 is 0 Å². The minimum Gasteiger partial charge on any atom is -0.383 e. The molecule has 0 aromatic carbocycles. The smallest absolute Gasteiger partial charge is 0.128 e. The zero-order valence-electron chi connectivity index (χ0n) is 11.7. The van der Waals surface area contributed by atoms with Crippen LogP contribution >= 0.6 is 0 Å². The molecule has 0 aliphatic carbocycles. The largest absolute Gasteiger partial charge is 0.383 e. The fourth-order valence-electron chi connectivity index (χ4n) is 2.10. The number of rotatable bonds is 4. The van der Waals surface area contributed by atoms with Gasteiger partial charge in [0.25, 0.3) is 0 Å². The Hall–Kier alpha value is -1.09. The number of hydrogen-bond donors (Lipinski definition) is 2. The number of aryl methyl sites for hydroxylation is 1. The first-order chi connectivity index (χ1) is 7.88. The van der Waals surface area contributed by atoms with E-state index < -0.39 is 0 Å². The summed E-state index contributed by atoms with van der Waals surface area (Å²) >= 11 is 0. The van der Waals surface area contributed by atoms with E-state index in [4.69, 9.17) is 5.73 Å². The summed E-state index contributed by atoms with van der Waals surface area (Å²) in [5.74, 6) is 0.647. The Balaban J connectivity index is 3.13. The molecule has 0 saturated carbocycles. The summed E-state index contributed by atoms with van der Waals surface area (Å²) < 4.78 is 0. The van der Waals surface area contributed by atoms with Crippen LogP contribution < -0.4 is 11.1 Å². The number of nitrogen functional groups attached to an aromatic ring is 1. The normalized spacial score (nSPS) is 13.7. The third-order valence-corrected chi connectivity index (χ3v) is 2.99. The molecule has 0 aliphatic rings. The molecule has 3 nitrogen and oxygen atoms in total. The molecule has 0 radical (unpaired) electrons. The molecule has 3 N–H and O–H groups in total. The molecular formula is C14H25N3. The molecule has 0 fully saturated rings. The molecule has 1 rings (SSSR count). The van der Waals surface area contributed by atoms with Crippen molar-refractivity contribution in [3.8, 4) is 0 Å². The molecule has 0 aliphatic heterocycles. The number of nitrogens with zero attached hydrogens (tertiary/aromatic N) is 1. The quantitative estimate of drug-likeness (QED) is 0.843. The molecule has 0 amide bonds. The van der Waals surface area contributed by atoms with E-state index in [1.165, 1.54) is 5.56 Å². The van der Waals surface area contributed by atoms with Crippen molar-refractivity contribution in [2.75, 3.05) is 12.3 Å². The molecule has 1 aromatic rings. The highest BCUT2D eigenvalue weighted by Crippen LogP contribution is 2.36. The van der Waals surface area contributed by atoms with E-state index in [0.29, 0.717) is 5.82 Å². The number of pyridine rings is 1. The van der Waals surface area contributed by atoms with Crippen LogP contribution in [-0.2, 0) is 0 Å². The molecule has 1 unspecified atom stereocenters. The average molecular weight is 235 g/mol. The Morgan fingerprint density at radius 1 is 1.41 bits per heavy atom. The summed E-state index contributed by atoms with van der Waals surface area (Å²) in [6, 6.07) is 2.27. The Labute approximate surface area is 105 Å². The van der Waals surface area contributed by atoms with E-state index in [1.54, 1.807) is 6.20 Å². The lowest BCUT2D eigenvalue weighted by atomic mass is 9.81. The number of anilines is 1. The van der Waals surface area contributed by atoms with Crippen LogP contribution in [0.4, 0.5) is 5.82 Å². The Morgan fingerprint density at radius 3 is 2.53 bits per heavy atom. The van der Waals surface area contributed by atoms with Gasteiger partial charge in [-0.25, -0.2) is 4.98 Å². The predicted molar refractivity (Wildman–Crippen MR) is 73.9 cm³/mol. The number of nitrogens with one attached hydrogen (secondary N) is 1. The van der Waals surface area contributed by atoms with Crippen LogP contribution in [0.15, 0.2) is 12.3 Å². The number of nitrogens with two attached hydrogens (primary N) is 1. The van der Waals surface area contributed by atoms with Gasteiger partial charge in [-0.15, -0.1) is 0 Å². The van der Waals surface area contributed by atoms with Crippen molar-refractivity contribution in [2.24, 2.45) is 5.41 Å². The highest BCUT2D eigenvalue weighted by atomic mass is 14.9. The van der Waals surface area contributed by atoms with E-state index in [2.05, 4.69) is 44.9 Å². The number of hydrogen-bond acceptors (Lipinski definition) is 3. The lowest BCUT2D eigenvalue weighted by Gasteiger charge is -2.33. The zero-order valence-corrected chi connectivity index (χ0v) is 11.7. The predicted octanol–water partition coefficient (Wildman–Crippen LogP) is 3.06. The SMILES string of the molecule is CCCNC(c1c(C)ccnc1N)C(C)(C)C. The third kappa shape index (κ3) is 3.43. The Kier molecular flexibility index (Phi) is 4.52. The van der Waals surface area contributed by atoms with Crippen LogP contribution in [0, 0.1) is 12.3 Å². The van der Waals surface area contributed by atoms with Gasteiger partial charge < -0.3 is 11.1 Å². The highest BCUT2D eigenvalue weighted by Gasteiger charge is 2.28. The molecule has 17 heavy (non-hydrogen) atoms. The average Bonchev–Trinajstić information content (AvgIpc) is 2.20. The summed E-state index contributed by atoms with van der Waals surface area (Å²) in [4.78, 5) is 4.22. The molecule has 0 saturated heterocycles. The minimum absolute atomic E-state index is 0.122. The van der Waals surface area contributed by atoms with Gasteiger partial charge in [-0.1, -0.05) is 27.7 Å². The maximum Gasteiger partial charge on any atom is 0.128 e. The standard InChI is InChI=1S/C14H25N3/c1-6-8-16-12(14(3,4)5)11-10(2)7-9-17-13(11)15/h7,9,12,16H,6,8H2,1-5H3,(H2,15,17). The molecule has 3 heteroatoms. The summed E-state index contributed by atoms with van der Waals surface area (Å²) in [7, 11) is 0. The fourth-order valence-corrected chi connectivity index (χ4v) is 2.10. The summed E-state index contributed by atoms with van der Waals surface area (Å²) in [5.41, 5.74) is 8.52. The zero-order chi connectivity index (χ0) is 13.1. The van der Waals surface area contributed by atoms with Crippen LogP contribution in [0.5, 0.6) is 0 Å². The lowest BCUT2D eigenvalue weighted by Crippen LogP contribution is -2.34. The van der Waals surface area contributed by atoms with Crippen molar-refractivity contribution in [1.82, 2.24) is 10.3 Å². The molecule has 1 aromatic heterocycles. The van der Waals surface area contributed by atoms with Crippen LogP contribution in [-0.4, -0.2) is 11.5 Å². The summed E-state index contributed by atoms with van der Waals surface area (Å²) in [6.45, 7) is 12.0. The van der Waals surface area contributed by atoms with Crippen molar-refractivity contribution in [1.29, 1.82) is 0 Å². The van der Waals surface area contributed by atoms with Crippen LogP contribution in [0.3, 0.4) is 0 Å². The monoisotopic (exact) mass is 235 g/mol. The molecule has 0 spiro atoms. The van der Waals surface area contributed by atoms with Crippen molar-refractivity contribution in [3.63, 3.8) is 0 Å². The topological polar surface area (TPSA) is 50.9 Å². The van der Waals surface area contributed by atoms with E-state index in [0.717, 1.165) is 18.5 Å². The molecule has 0 bridgehead atoms. The molecular weight excluding hydrogens is 210 g/mol. The van der Waals surface area contributed by atoms with E-state index in [9.17, 15) is 0 Å². The molecule has 96 valence electrons. The van der Waals surface area contributed by atoms with Gasteiger partial charge in [0.2, 0.25) is 0 Å². The van der Waals surface area contributed by atoms with Gasteiger partial charge in [0.05, 0.1) is 0 Å². The van der Waals surface area contributed by atoms with Gasteiger partial charge in [0.15, 0.2) is 0 Å². The van der Waals surface area contributed by atoms with E-state index in [-0.39, 0.29) is 11.5 Å². The lowest BCUT2D eigenvalue weighted by molar-refractivity contribution is 0.273. The summed E-state index contributed by atoms with van der Waals surface area (Å²) in [6.07, 6.45) is 2.89. The number of aromatic nitrogens is 1. The maximum atomic E-state index is 6.04. The van der Waals surface area contributed by atoms with Crippen LogP contribution in [0.2, 0.25) is 0 Å². The highest BCUT2D eigenvalue weighted by molar-refractivity contribution is 5.46. The van der Waals surface area contributed by atoms with Gasteiger partial charge in [-0.2, -0.15) is 0 Å². The molecule has 1 atom stereocenters.